The Morgan fingerprint density at radius 1 is 1.31 bits per heavy atom. The van der Waals surface area contributed by atoms with E-state index in [0.29, 0.717) is 12.3 Å². The van der Waals surface area contributed by atoms with Crippen LogP contribution in [0.25, 0.3) is 0 Å². The Labute approximate surface area is 100 Å². The quantitative estimate of drug-likeness (QED) is 0.716. The van der Waals surface area contributed by atoms with Gasteiger partial charge in [0, 0.05) is 5.92 Å². The largest absolute Gasteiger partial charge is 0.298 e. The smallest absolute Gasteiger partial charge is 0.149 e. The first-order chi connectivity index (χ1) is 7.67. The second-order valence-corrected chi connectivity index (χ2v) is 5.26. The number of nitrogens with zero attached hydrogens (tertiary/aromatic N) is 1. The monoisotopic (exact) mass is 225 g/mol. The highest BCUT2D eigenvalue weighted by molar-refractivity contribution is 5.82. The lowest BCUT2D eigenvalue weighted by atomic mass is 9.98. The fourth-order valence-corrected chi connectivity index (χ4v) is 2.40. The highest BCUT2D eigenvalue weighted by atomic mass is 16.1. The van der Waals surface area contributed by atoms with Gasteiger partial charge in [0.05, 0.1) is 6.54 Å². The SMILES string of the molecule is CCC1CCCN(CC(=O)C(C)CC)CC1. The van der Waals surface area contributed by atoms with E-state index in [1.165, 1.54) is 25.7 Å². The van der Waals surface area contributed by atoms with Crippen LogP contribution in [0, 0.1) is 11.8 Å². The van der Waals surface area contributed by atoms with E-state index in [1.54, 1.807) is 0 Å². The molecule has 16 heavy (non-hydrogen) atoms. The third-order valence-electron chi connectivity index (χ3n) is 4.06. The summed E-state index contributed by atoms with van der Waals surface area (Å²) in [6.07, 6.45) is 6.18. The molecule has 2 heteroatoms. The van der Waals surface area contributed by atoms with Gasteiger partial charge in [-0.15, -0.1) is 0 Å². The summed E-state index contributed by atoms with van der Waals surface area (Å²) in [7, 11) is 0. The van der Waals surface area contributed by atoms with Gasteiger partial charge in [-0.1, -0.05) is 27.2 Å². The molecule has 0 aromatic rings. The first-order valence-electron chi connectivity index (χ1n) is 6.92. The molecule has 0 amide bonds. The number of carbonyl (C=O) groups is 1. The van der Waals surface area contributed by atoms with Crippen LogP contribution >= 0.6 is 0 Å². The molecule has 0 saturated carbocycles. The summed E-state index contributed by atoms with van der Waals surface area (Å²) < 4.78 is 0. The minimum atomic E-state index is 0.241. The average molecular weight is 225 g/mol. The lowest BCUT2D eigenvalue weighted by molar-refractivity contribution is -0.123. The van der Waals surface area contributed by atoms with Crippen molar-refractivity contribution in [3.05, 3.63) is 0 Å². The van der Waals surface area contributed by atoms with E-state index in [-0.39, 0.29) is 5.92 Å². The Kier molecular flexibility index (Phi) is 6.04. The predicted octanol–water partition coefficient (Wildman–Crippen LogP) is 3.11. The zero-order chi connectivity index (χ0) is 12.0. The molecular weight excluding hydrogens is 198 g/mol. The lowest BCUT2D eigenvalue weighted by Crippen LogP contribution is -2.33. The number of carbonyl (C=O) groups excluding carboxylic acids is 1. The Hall–Kier alpha value is -0.370. The van der Waals surface area contributed by atoms with Crippen LogP contribution in [0.15, 0.2) is 0 Å². The van der Waals surface area contributed by atoms with Gasteiger partial charge in [-0.3, -0.25) is 9.69 Å². The second kappa shape index (κ2) is 7.05. The number of ketones is 1. The molecule has 2 nitrogen and oxygen atoms in total. The first kappa shape index (κ1) is 13.7. The van der Waals surface area contributed by atoms with Crippen LogP contribution < -0.4 is 0 Å². The van der Waals surface area contributed by atoms with Crippen molar-refractivity contribution in [2.75, 3.05) is 19.6 Å². The van der Waals surface area contributed by atoms with Crippen LogP contribution in [0.1, 0.15) is 52.9 Å². The number of likely N-dealkylation sites (tertiary alicyclic amines) is 1. The maximum atomic E-state index is 11.9. The Balaban J connectivity index is 2.35. The minimum absolute atomic E-state index is 0.241. The number of Topliss-reactive ketones (excluding diaryl/α,β-unsaturated/α-hetero) is 1. The fourth-order valence-electron chi connectivity index (χ4n) is 2.40. The maximum absolute atomic E-state index is 11.9. The molecule has 1 fully saturated rings. The normalized spacial score (nSPS) is 25.1. The van der Waals surface area contributed by atoms with Crippen molar-refractivity contribution in [2.24, 2.45) is 11.8 Å². The molecular formula is C14H27NO. The summed E-state index contributed by atoms with van der Waals surface area (Å²) in [4.78, 5) is 14.2. The molecule has 0 N–H and O–H groups in total. The third-order valence-corrected chi connectivity index (χ3v) is 4.06. The molecule has 1 aliphatic heterocycles. The van der Waals surface area contributed by atoms with Crippen LogP contribution in [0.5, 0.6) is 0 Å². The summed E-state index contributed by atoms with van der Waals surface area (Å²) >= 11 is 0. The van der Waals surface area contributed by atoms with Crippen LogP contribution in [-0.2, 0) is 4.79 Å². The van der Waals surface area contributed by atoms with Crippen LogP contribution in [-0.4, -0.2) is 30.3 Å². The van der Waals surface area contributed by atoms with Gasteiger partial charge in [-0.25, -0.2) is 0 Å². The molecule has 2 atom stereocenters. The fraction of sp³-hybridized carbons (Fsp3) is 0.929. The number of hydrogen-bond acceptors (Lipinski definition) is 2. The zero-order valence-electron chi connectivity index (χ0n) is 11.2. The van der Waals surface area contributed by atoms with E-state index in [2.05, 4.69) is 25.7 Å². The van der Waals surface area contributed by atoms with Gasteiger partial charge >= 0.3 is 0 Å². The van der Waals surface area contributed by atoms with Crippen LogP contribution in [0.2, 0.25) is 0 Å². The Morgan fingerprint density at radius 2 is 2.06 bits per heavy atom. The lowest BCUT2D eigenvalue weighted by Gasteiger charge is -2.20. The summed E-state index contributed by atoms with van der Waals surface area (Å²) in [5.41, 5.74) is 0. The molecule has 0 radical (unpaired) electrons. The van der Waals surface area contributed by atoms with Gasteiger partial charge in [0.1, 0.15) is 5.78 Å². The standard InChI is InChI=1S/C14H27NO/c1-4-12(3)14(16)11-15-9-6-7-13(5-2)8-10-15/h12-13H,4-11H2,1-3H3. The topological polar surface area (TPSA) is 20.3 Å². The molecule has 94 valence electrons. The summed E-state index contributed by atoms with van der Waals surface area (Å²) in [6, 6.07) is 0. The molecule has 2 unspecified atom stereocenters. The van der Waals surface area contributed by atoms with Crippen molar-refractivity contribution in [1.82, 2.24) is 4.90 Å². The van der Waals surface area contributed by atoms with Crippen molar-refractivity contribution < 1.29 is 4.79 Å². The zero-order valence-corrected chi connectivity index (χ0v) is 11.2. The highest BCUT2D eigenvalue weighted by Crippen LogP contribution is 2.20. The molecule has 0 aromatic carbocycles. The molecule has 0 aromatic heterocycles. The molecule has 0 aliphatic carbocycles. The second-order valence-electron chi connectivity index (χ2n) is 5.26. The molecule has 0 spiro atoms. The van der Waals surface area contributed by atoms with Crippen molar-refractivity contribution >= 4 is 5.78 Å². The number of rotatable bonds is 5. The van der Waals surface area contributed by atoms with Gasteiger partial charge < -0.3 is 0 Å². The van der Waals surface area contributed by atoms with Gasteiger partial charge in [-0.2, -0.15) is 0 Å². The molecule has 1 saturated heterocycles. The van der Waals surface area contributed by atoms with Crippen molar-refractivity contribution in [2.45, 2.75) is 52.9 Å². The Bertz CT molecular complexity index is 215. The van der Waals surface area contributed by atoms with E-state index in [1.807, 2.05) is 0 Å². The highest BCUT2D eigenvalue weighted by Gasteiger charge is 2.19. The summed E-state index contributed by atoms with van der Waals surface area (Å²) in [5, 5.41) is 0. The van der Waals surface area contributed by atoms with Crippen molar-refractivity contribution in [3.8, 4) is 0 Å². The minimum Gasteiger partial charge on any atom is -0.298 e. The van der Waals surface area contributed by atoms with E-state index >= 15 is 0 Å². The first-order valence-corrected chi connectivity index (χ1v) is 6.92. The van der Waals surface area contributed by atoms with Crippen molar-refractivity contribution in [3.63, 3.8) is 0 Å². The summed E-state index contributed by atoms with van der Waals surface area (Å²) in [6.45, 7) is 9.36. The molecule has 0 bridgehead atoms. The number of hydrogen-bond donors (Lipinski definition) is 0. The average Bonchev–Trinajstić information content (AvgIpc) is 2.53. The summed E-state index contributed by atoms with van der Waals surface area (Å²) in [5.74, 6) is 1.56. The van der Waals surface area contributed by atoms with Gasteiger partial charge in [0.25, 0.3) is 0 Å². The molecule has 1 rings (SSSR count). The van der Waals surface area contributed by atoms with E-state index in [0.717, 1.165) is 25.4 Å². The van der Waals surface area contributed by atoms with E-state index in [9.17, 15) is 4.79 Å². The third kappa shape index (κ3) is 4.25. The van der Waals surface area contributed by atoms with Gasteiger partial charge in [0.15, 0.2) is 0 Å². The van der Waals surface area contributed by atoms with Crippen LogP contribution in [0.4, 0.5) is 0 Å². The van der Waals surface area contributed by atoms with Gasteiger partial charge in [-0.05, 0) is 44.7 Å². The Morgan fingerprint density at radius 3 is 2.69 bits per heavy atom. The predicted molar refractivity (Wildman–Crippen MR) is 68.5 cm³/mol. The van der Waals surface area contributed by atoms with E-state index in [4.69, 9.17) is 0 Å². The van der Waals surface area contributed by atoms with E-state index < -0.39 is 0 Å². The molecule has 1 heterocycles. The maximum Gasteiger partial charge on any atom is 0.149 e. The van der Waals surface area contributed by atoms with Crippen LogP contribution in [0.3, 0.4) is 0 Å². The van der Waals surface area contributed by atoms with Crippen molar-refractivity contribution in [1.29, 1.82) is 0 Å². The molecule has 1 aliphatic rings. The van der Waals surface area contributed by atoms with Gasteiger partial charge in [0.2, 0.25) is 0 Å².